The van der Waals surface area contributed by atoms with Gasteiger partial charge in [-0.3, -0.25) is 4.79 Å². The predicted octanol–water partition coefficient (Wildman–Crippen LogP) is 7.99. The quantitative estimate of drug-likeness (QED) is 0.201. The molecule has 0 aromatic heterocycles. The highest BCUT2D eigenvalue weighted by Crippen LogP contribution is 2.25. The van der Waals surface area contributed by atoms with Crippen LogP contribution in [-0.2, 0) is 0 Å². The Balaban J connectivity index is 1.49. The summed E-state index contributed by atoms with van der Waals surface area (Å²) in [5, 5.41) is 3.31. The zero-order valence-corrected chi connectivity index (χ0v) is 23.3. The Morgan fingerprint density at radius 2 is 1.26 bits per heavy atom. The maximum absolute atomic E-state index is 12.9. The average molecular weight is 487 g/mol. The van der Waals surface area contributed by atoms with Crippen molar-refractivity contribution in [2.24, 2.45) is 0 Å². The summed E-state index contributed by atoms with van der Waals surface area (Å²) in [6, 6.07) is 3.97. The maximum Gasteiger partial charge on any atom is 0.254 e. The van der Waals surface area contributed by atoms with E-state index in [0.717, 1.165) is 61.6 Å². The Morgan fingerprint density at radius 3 is 1.77 bits per heavy atom. The van der Waals surface area contributed by atoms with Crippen molar-refractivity contribution in [3.8, 4) is 5.75 Å². The van der Waals surface area contributed by atoms with Crippen molar-refractivity contribution in [2.45, 2.75) is 124 Å². The lowest BCUT2D eigenvalue weighted by atomic mass is 10.0. The molecule has 0 spiro atoms. The second-order valence-electron chi connectivity index (χ2n) is 10.6. The van der Waals surface area contributed by atoms with E-state index in [0.29, 0.717) is 0 Å². The number of carbonyl (C=O) groups excluding carboxylic acids is 1. The molecule has 35 heavy (non-hydrogen) atoms. The molecule has 200 valence electrons. The first kappa shape index (κ1) is 29.7. The van der Waals surface area contributed by atoms with E-state index in [9.17, 15) is 4.79 Å². The number of aryl methyl sites for hydroxylation is 1. The van der Waals surface area contributed by atoms with E-state index < -0.39 is 0 Å². The van der Waals surface area contributed by atoms with Gasteiger partial charge in [-0.25, -0.2) is 0 Å². The number of unbranched alkanes of at least 4 members (excludes halogenated alkanes) is 15. The number of benzene rings is 1. The highest BCUT2D eigenvalue weighted by molar-refractivity contribution is 5.95. The van der Waals surface area contributed by atoms with Crippen LogP contribution >= 0.6 is 0 Å². The molecule has 1 N–H and O–H groups in total. The molecule has 4 nitrogen and oxygen atoms in total. The molecule has 0 saturated carbocycles. The van der Waals surface area contributed by atoms with Crippen LogP contribution in [0.15, 0.2) is 12.1 Å². The summed E-state index contributed by atoms with van der Waals surface area (Å²) in [7, 11) is 0. The zero-order chi connectivity index (χ0) is 25.1. The molecule has 0 bridgehead atoms. The average Bonchev–Trinajstić information content (AvgIpc) is 2.88. The molecule has 1 aromatic carbocycles. The Bertz CT molecular complexity index is 697. The number of rotatable bonds is 19. The van der Waals surface area contributed by atoms with Gasteiger partial charge in [0.15, 0.2) is 0 Å². The largest absolute Gasteiger partial charge is 0.493 e. The van der Waals surface area contributed by atoms with E-state index in [1.807, 2.05) is 17.0 Å². The first-order valence-corrected chi connectivity index (χ1v) is 14.9. The van der Waals surface area contributed by atoms with E-state index in [-0.39, 0.29) is 5.91 Å². The molecule has 1 aliphatic rings. The lowest BCUT2D eigenvalue weighted by Crippen LogP contribution is -2.46. The van der Waals surface area contributed by atoms with Crippen LogP contribution in [0, 0.1) is 13.8 Å². The molecule has 1 aromatic rings. The number of hydrogen-bond donors (Lipinski definition) is 1. The number of carbonyl (C=O) groups is 1. The van der Waals surface area contributed by atoms with Gasteiger partial charge in [-0.15, -0.1) is 0 Å². The van der Waals surface area contributed by atoms with Gasteiger partial charge in [-0.1, -0.05) is 103 Å². The fourth-order valence-electron chi connectivity index (χ4n) is 4.98. The van der Waals surface area contributed by atoms with Crippen molar-refractivity contribution in [2.75, 3.05) is 32.8 Å². The van der Waals surface area contributed by atoms with Crippen LogP contribution in [0.1, 0.15) is 131 Å². The molecule has 1 amide bonds. The molecule has 4 heteroatoms. The van der Waals surface area contributed by atoms with Gasteiger partial charge in [0.2, 0.25) is 0 Å². The number of hydrogen-bond acceptors (Lipinski definition) is 3. The summed E-state index contributed by atoms with van der Waals surface area (Å²) in [5.74, 6) is 1.01. The van der Waals surface area contributed by atoms with E-state index in [1.165, 1.54) is 96.3 Å². The van der Waals surface area contributed by atoms with E-state index in [1.54, 1.807) is 0 Å². The third kappa shape index (κ3) is 12.3. The lowest BCUT2D eigenvalue weighted by molar-refractivity contribution is 0.0735. The van der Waals surface area contributed by atoms with Gasteiger partial charge < -0.3 is 15.0 Å². The maximum atomic E-state index is 12.9. The van der Waals surface area contributed by atoms with Crippen molar-refractivity contribution in [1.29, 1.82) is 0 Å². The van der Waals surface area contributed by atoms with Crippen LogP contribution in [0.5, 0.6) is 5.75 Å². The molecule has 0 unspecified atom stereocenters. The first-order chi connectivity index (χ1) is 17.1. The number of nitrogens with zero attached hydrogens (tertiary/aromatic N) is 1. The smallest absolute Gasteiger partial charge is 0.254 e. The second-order valence-corrected chi connectivity index (χ2v) is 10.6. The minimum Gasteiger partial charge on any atom is -0.493 e. The summed E-state index contributed by atoms with van der Waals surface area (Å²) < 4.78 is 6.13. The Hall–Kier alpha value is -1.55. The highest BCUT2D eigenvalue weighted by Gasteiger charge is 2.19. The highest BCUT2D eigenvalue weighted by atomic mass is 16.5. The summed E-state index contributed by atoms with van der Waals surface area (Å²) in [4.78, 5) is 14.8. The molecular weight excluding hydrogens is 432 g/mol. The number of nitrogens with one attached hydrogen (secondary N) is 1. The van der Waals surface area contributed by atoms with Gasteiger partial charge in [0.05, 0.1) is 6.61 Å². The van der Waals surface area contributed by atoms with Crippen LogP contribution in [0.25, 0.3) is 0 Å². The zero-order valence-electron chi connectivity index (χ0n) is 23.3. The minimum absolute atomic E-state index is 0.127. The third-order valence-corrected chi connectivity index (χ3v) is 7.53. The monoisotopic (exact) mass is 486 g/mol. The van der Waals surface area contributed by atoms with Gasteiger partial charge in [0.1, 0.15) is 5.75 Å². The van der Waals surface area contributed by atoms with Gasteiger partial charge >= 0.3 is 0 Å². The molecule has 0 radical (unpaired) electrons. The van der Waals surface area contributed by atoms with Gasteiger partial charge in [0.25, 0.3) is 5.91 Å². The van der Waals surface area contributed by atoms with Crippen LogP contribution in [0.3, 0.4) is 0 Å². The van der Waals surface area contributed by atoms with Gasteiger partial charge in [0, 0.05) is 31.7 Å². The van der Waals surface area contributed by atoms with Crippen molar-refractivity contribution in [3.63, 3.8) is 0 Å². The van der Waals surface area contributed by atoms with Crippen LogP contribution in [0.4, 0.5) is 0 Å². The summed E-state index contributed by atoms with van der Waals surface area (Å²) >= 11 is 0. The Morgan fingerprint density at radius 1 is 0.771 bits per heavy atom. The molecule has 1 fully saturated rings. The van der Waals surface area contributed by atoms with E-state index in [2.05, 4.69) is 26.1 Å². The van der Waals surface area contributed by atoms with E-state index >= 15 is 0 Å². The fourth-order valence-corrected chi connectivity index (χ4v) is 4.98. The predicted molar refractivity (Wildman–Crippen MR) is 150 cm³/mol. The minimum atomic E-state index is 0.127. The molecule has 1 aliphatic heterocycles. The SMILES string of the molecule is CCCCCCCCCCCCCCCCCCOc1cc(C(=O)N2CCNCC2)cc(C)c1C. The van der Waals surface area contributed by atoms with Crippen molar-refractivity contribution < 1.29 is 9.53 Å². The molecule has 1 heterocycles. The molecular formula is C31H54N2O2. The van der Waals surface area contributed by atoms with Crippen LogP contribution in [0.2, 0.25) is 0 Å². The summed E-state index contributed by atoms with van der Waals surface area (Å²) in [6.07, 6.45) is 22.0. The van der Waals surface area contributed by atoms with Gasteiger partial charge in [-0.05, 0) is 43.5 Å². The van der Waals surface area contributed by atoms with Crippen molar-refractivity contribution in [1.82, 2.24) is 10.2 Å². The number of ether oxygens (including phenoxy) is 1. The lowest BCUT2D eigenvalue weighted by Gasteiger charge is -2.28. The fraction of sp³-hybridized carbons (Fsp3) is 0.774. The summed E-state index contributed by atoms with van der Waals surface area (Å²) in [5.41, 5.74) is 3.04. The van der Waals surface area contributed by atoms with Crippen molar-refractivity contribution in [3.05, 3.63) is 28.8 Å². The Kier molecular flexibility index (Phi) is 15.8. The molecule has 0 aliphatic carbocycles. The van der Waals surface area contributed by atoms with Crippen LogP contribution < -0.4 is 10.1 Å². The van der Waals surface area contributed by atoms with Crippen LogP contribution in [-0.4, -0.2) is 43.6 Å². The molecule has 0 atom stereocenters. The number of piperazine rings is 1. The normalized spacial score (nSPS) is 13.9. The number of amides is 1. The Labute approximate surface area is 216 Å². The standard InChI is InChI=1S/C31H54N2O2/c1-4-5-6-7-8-9-10-11-12-13-14-15-16-17-18-19-24-35-30-26-29(25-27(2)28(30)3)31(34)33-22-20-32-21-23-33/h25-26,32H,4-24H2,1-3H3. The van der Waals surface area contributed by atoms with Gasteiger partial charge in [-0.2, -0.15) is 0 Å². The first-order valence-electron chi connectivity index (χ1n) is 14.9. The summed E-state index contributed by atoms with van der Waals surface area (Å²) in [6.45, 7) is 10.5. The van der Waals surface area contributed by atoms with E-state index in [4.69, 9.17) is 4.74 Å². The molecule has 2 rings (SSSR count). The molecule has 1 saturated heterocycles. The second kappa shape index (κ2) is 18.7. The topological polar surface area (TPSA) is 41.6 Å². The van der Waals surface area contributed by atoms with Crippen molar-refractivity contribution >= 4 is 5.91 Å². The third-order valence-electron chi connectivity index (χ3n) is 7.53.